The summed E-state index contributed by atoms with van der Waals surface area (Å²) in [6, 6.07) is 3.60. The van der Waals surface area contributed by atoms with Gasteiger partial charge in [-0.15, -0.1) is 11.3 Å². The Hall–Kier alpha value is -2.05. The van der Waals surface area contributed by atoms with Crippen LogP contribution in [-0.4, -0.2) is 67.1 Å². The zero-order valence-corrected chi connectivity index (χ0v) is 20.9. The van der Waals surface area contributed by atoms with E-state index in [4.69, 9.17) is 27.9 Å². The number of rotatable bonds is 8. The van der Waals surface area contributed by atoms with Gasteiger partial charge >= 0.3 is 0 Å². The van der Waals surface area contributed by atoms with Crippen molar-refractivity contribution in [3.05, 3.63) is 44.9 Å². The average molecular weight is 532 g/mol. The molecule has 1 aliphatic rings. The fourth-order valence-corrected chi connectivity index (χ4v) is 4.78. The summed E-state index contributed by atoms with van der Waals surface area (Å²) >= 11 is 14.9. The van der Waals surface area contributed by atoms with Crippen LogP contribution >= 0.6 is 46.3 Å². The van der Waals surface area contributed by atoms with Crippen molar-refractivity contribution in [3.8, 4) is 0 Å². The van der Waals surface area contributed by atoms with Crippen molar-refractivity contribution in [3.63, 3.8) is 0 Å². The first-order valence-corrected chi connectivity index (χ1v) is 13.0. The first-order valence-electron chi connectivity index (χ1n) is 10.0. The van der Waals surface area contributed by atoms with Crippen molar-refractivity contribution in [2.45, 2.75) is 12.5 Å². The molecule has 1 aliphatic heterocycles. The molecule has 0 aliphatic carbocycles. The third-order valence-corrected chi connectivity index (χ3v) is 6.81. The summed E-state index contributed by atoms with van der Waals surface area (Å²) in [5.41, 5.74) is 5.13. The fourth-order valence-electron chi connectivity index (χ4n) is 2.95. The molecule has 1 aromatic heterocycles. The van der Waals surface area contributed by atoms with Gasteiger partial charge in [-0.2, -0.15) is 11.8 Å². The van der Waals surface area contributed by atoms with Gasteiger partial charge in [-0.05, 0) is 36.6 Å². The second-order valence-electron chi connectivity index (χ2n) is 6.99. The normalized spacial score (nSPS) is 14.5. The number of carbonyl (C=O) groups is 3. The predicted molar refractivity (Wildman–Crippen MR) is 131 cm³/mol. The number of amides is 3. The zero-order valence-electron chi connectivity index (χ0n) is 17.7. The Morgan fingerprint density at radius 3 is 2.67 bits per heavy atom. The molecular weight excluding hydrogens is 509 g/mol. The summed E-state index contributed by atoms with van der Waals surface area (Å²) in [6.45, 7) is 2.64. The van der Waals surface area contributed by atoms with Crippen LogP contribution in [0, 0.1) is 0 Å². The number of carbonyl (C=O) groups excluding carboxylic acids is 3. The van der Waals surface area contributed by atoms with Crippen molar-refractivity contribution in [1.82, 2.24) is 21.2 Å². The van der Waals surface area contributed by atoms with Crippen LogP contribution in [-0.2, 0) is 9.53 Å². The average Bonchev–Trinajstić information content (AvgIpc) is 3.31. The van der Waals surface area contributed by atoms with E-state index in [1.165, 1.54) is 35.2 Å². The third kappa shape index (κ3) is 7.21. The number of hydrazine groups is 1. The summed E-state index contributed by atoms with van der Waals surface area (Å²) in [5, 5.41) is 5.59. The van der Waals surface area contributed by atoms with Crippen molar-refractivity contribution in [2.24, 2.45) is 0 Å². The summed E-state index contributed by atoms with van der Waals surface area (Å²) in [4.78, 5) is 44.2. The Kier molecular flexibility index (Phi) is 9.63. The number of thioether (sulfide) groups is 1. The van der Waals surface area contributed by atoms with Gasteiger partial charge in [0.15, 0.2) is 5.13 Å². The number of benzene rings is 1. The van der Waals surface area contributed by atoms with E-state index in [9.17, 15) is 14.4 Å². The van der Waals surface area contributed by atoms with Crippen LogP contribution in [0.25, 0.3) is 0 Å². The quantitative estimate of drug-likeness (QED) is 0.448. The Morgan fingerprint density at radius 2 is 1.97 bits per heavy atom. The molecule has 1 aromatic carbocycles. The van der Waals surface area contributed by atoms with Gasteiger partial charge in [0.2, 0.25) is 0 Å². The van der Waals surface area contributed by atoms with Crippen LogP contribution < -0.4 is 21.1 Å². The molecule has 2 aromatic rings. The molecule has 3 rings (SSSR count). The molecule has 1 fully saturated rings. The lowest BCUT2D eigenvalue weighted by Gasteiger charge is -2.25. The predicted octanol–water partition coefficient (Wildman–Crippen LogP) is 2.60. The highest BCUT2D eigenvalue weighted by atomic mass is 35.5. The minimum atomic E-state index is -0.878. The number of nitrogens with zero attached hydrogens (tertiary/aromatic N) is 2. The number of thiazole rings is 1. The van der Waals surface area contributed by atoms with E-state index in [1.807, 2.05) is 11.2 Å². The largest absolute Gasteiger partial charge is 0.378 e. The topological polar surface area (TPSA) is 113 Å². The second-order valence-corrected chi connectivity index (χ2v) is 9.66. The summed E-state index contributed by atoms with van der Waals surface area (Å²) in [6.07, 6.45) is 2.25. The summed E-state index contributed by atoms with van der Waals surface area (Å²) in [5.74, 6) is -0.997. The van der Waals surface area contributed by atoms with Crippen molar-refractivity contribution >= 4 is 69.2 Å². The van der Waals surface area contributed by atoms with Crippen LogP contribution in [0.1, 0.15) is 27.3 Å². The number of ether oxygens (including phenoxy) is 1. The van der Waals surface area contributed by atoms with Gasteiger partial charge < -0.3 is 15.0 Å². The smallest absolute Gasteiger partial charge is 0.289 e. The lowest BCUT2D eigenvalue weighted by Crippen LogP contribution is -2.52. The van der Waals surface area contributed by atoms with Gasteiger partial charge in [-0.1, -0.05) is 23.2 Å². The lowest BCUT2D eigenvalue weighted by molar-refractivity contribution is -0.123. The first kappa shape index (κ1) is 25.6. The molecule has 9 nitrogen and oxygen atoms in total. The Labute approximate surface area is 209 Å². The molecule has 0 bridgehead atoms. The molecule has 0 radical (unpaired) electrons. The molecule has 33 heavy (non-hydrogen) atoms. The van der Waals surface area contributed by atoms with Gasteiger partial charge in [-0.25, -0.2) is 4.98 Å². The fraction of sp³-hybridized carbons (Fsp3) is 0.400. The maximum Gasteiger partial charge on any atom is 0.289 e. The van der Waals surface area contributed by atoms with E-state index in [0.717, 1.165) is 5.13 Å². The number of anilines is 1. The highest BCUT2D eigenvalue weighted by Gasteiger charge is 2.24. The number of hydrogen-bond acceptors (Lipinski definition) is 8. The molecule has 178 valence electrons. The van der Waals surface area contributed by atoms with Crippen LogP contribution in [0.2, 0.25) is 10.0 Å². The van der Waals surface area contributed by atoms with Crippen LogP contribution in [0.5, 0.6) is 0 Å². The Bertz CT molecular complexity index is 1000. The SMILES string of the molecule is CSCC[C@@H](NC(=O)c1ccc(Cl)cc1Cl)C(=O)NNC(=O)c1csc(N2CCOCC2)n1. The molecule has 0 unspecified atom stereocenters. The zero-order chi connectivity index (χ0) is 23.8. The Balaban J connectivity index is 1.58. The molecule has 0 saturated carbocycles. The monoisotopic (exact) mass is 531 g/mol. The van der Waals surface area contributed by atoms with E-state index in [2.05, 4.69) is 21.2 Å². The lowest BCUT2D eigenvalue weighted by atomic mass is 10.1. The van der Waals surface area contributed by atoms with Gasteiger partial charge in [0, 0.05) is 23.5 Å². The number of hydrogen-bond donors (Lipinski definition) is 3. The minimum Gasteiger partial charge on any atom is -0.378 e. The standard InChI is InChI=1S/C20H23Cl2N5O4S2/c1-32-9-4-15(23-17(28)13-3-2-12(21)10-14(13)22)18(29)25-26-19(30)16-11-33-20(24-16)27-5-7-31-8-6-27/h2-3,10-11,15H,4-9H2,1H3,(H,23,28)(H,25,29)(H,26,30)/t15-/m1/s1. The van der Waals surface area contributed by atoms with Gasteiger partial charge in [0.05, 0.1) is 23.8 Å². The van der Waals surface area contributed by atoms with Gasteiger partial charge in [0.1, 0.15) is 11.7 Å². The van der Waals surface area contributed by atoms with Crippen LogP contribution in [0.15, 0.2) is 23.6 Å². The molecule has 3 amide bonds. The first-order chi connectivity index (χ1) is 15.9. The molecule has 2 heterocycles. The van der Waals surface area contributed by atoms with E-state index in [-0.39, 0.29) is 16.3 Å². The molecule has 1 atom stereocenters. The maximum atomic E-state index is 12.7. The van der Waals surface area contributed by atoms with E-state index in [1.54, 1.807) is 11.4 Å². The number of nitrogens with one attached hydrogen (secondary N) is 3. The summed E-state index contributed by atoms with van der Waals surface area (Å²) < 4.78 is 5.32. The molecule has 0 spiro atoms. The number of halogens is 2. The van der Waals surface area contributed by atoms with Crippen LogP contribution in [0.3, 0.4) is 0 Å². The van der Waals surface area contributed by atoms with E-state index in [0.29, 0.717) is 43.5 Å². The number of aromatic nitrogens is 1. The van der Waals surface area contributed by atoms with E-state index < -0.39 is 23.8 Å². The van der Waals surface area contributed by atoms with Crippen LogP contribution in [0.4, 0.5) is 5.13 Å². The highest BCUT2D eigenvalue weighted by Crippen LogP contribution is 2.22. The highest BCUT2D eigenvalue weighted by molar-refractivity contribution is 7.98. The second kappa shape index (κ2) is 12.4. The Morgan fingerprint density at radius 1 is 1.21 bits per heavy atom. The summed E-state index contributed by atoms with van der Waals surface area (Å²) in [7, 11) is 0. The number of morpholine rings is 1. The van der Waals surface area contributed by atoms with Gasteiger partial charge in [-0.3, -0.25) is 25.2 Å². The molecule has 3 N–H and O–H groups in total. The minimum absolute atomic E-state index is 0.178. The third-order valence-electron chi connectivity index (χ3n) is 4.71. The maximum absolute atomic E-state index is 12.7. The molecular formula is C20H23Cl2N5O4S2. The van der Waals surface area contributed by atoms with Crippen molar-refractivity contribution in [2.75, 3.05) is 43.2 Å². The molecule has 1 saturated heterocycles. The molecule has 13 heteroatoms. The van der Waals surface area contributed by atoms with E-state index >= 15 is 0 Å². The van der Waals surface area contributed by atoms with Crippen molar-refractivity contribution in [1.29, 1.82) is 0 Å². The van der Waals surface area contributed by atoms with Gasteiger partial charge in [0.25, 0.3) is 17.7 Å². The van der Waals surface area contributed by atoms with Crippen molar-refractivity contribution < 1.29 is 19.1 Å².